The minimum Gasteiger partial charge on any atom is -0.329 e. The number of likely N-dealkylation sites (tertiary alicyclic amines) is 1. The molecule has 23 heavy (non-hydrogen) atoms. The molecule has 1 aliphatic heterocycles. The average Bonchev–Trinajstić information content (AvgIpc) is 2.47. The largest absolute Gasteiger partial charge is 0.408 e. The lowest BCUT2D eigenvalue weighted by Gasteiger charge is -2.39. The maximum atomic E-state index is 13.5. The van der Waals surface area contributed by atoms with Crippen molar-refractivity contribution in [1.29, 1.82) is 0 Å². The monoisotopic (exact) mass is 336 g/mol. The van der Waals surface area contributed by atoms with Gasteiger partial charge in [0.2, 0.25) is 5.91 Å². The number of carbonyl (C=O) groups is 1. The molecular weight excluding hydrogens is 319 g/mol. The van der Waals surface area contributed by atoms with Gasteiger partial charge in [-0.05, 0) is 30.9 Å². The summed E-state index contributed by atoms with van der Waals surface area (Å²) >= 11 is 0. The van der Waals surface area contributed by atoms with E-state index in [1.807, 2.05) is 0 Å². The number of hydrogen-bond acceptors (Lipinski definition) is 2. The van der Waals surface area contributed by atoms with E-state index in [4.69, 9.17) is 5.73 Å². The van der Waals surface area contributed by atoms with Gasteiger partial charge in [0.1, 0.15) is 6.04 Å². The van der Waals surface area contributed by atoms with Gasteiger partial charge in [0, 0.05) is 19.0 Å². The third-order valence-electron chi connectivity index (χ3n) is 3.96. The molecule has 0 radical (unpaired) electrons. The van der Waals surface area contributed by atoms with E-state index in [9.17, 15) is 26.7 Å². The molecule has 1 aromatic rings. The second-order valence-electron chi connectivity index (χ2n) is 5.65. The number of nitrogens with zero attached hydrogens (tertiary/aromatic N) is 1. The number of hydrogen-bond donors (Lipinski definition) is 1. The number of rotatable bonds is 3. The van der Waals surface area contributed by atoms with Gasteiger partial charge in [-0.25, -0.2) is 8.78 Å². The zero-order chi connectivity index (χ0) is 17.2. The first-order valence-corrected chi connectivity index (χ1v) is 7.24. The highest BCUT2D eigenvalue weighted by molar-refractivity contribution is 5.77. The minimum absolute atomic E-state index is 0.0387. The molecule has 1 amide bonds. The van der Waals surface area contributed by atoms with E-state index in [1.165, 1.54) is 12.1 Å². The molecule has 0 saturated carbocycles. The Hall–Kier alpha value is -1.70. The lowest BCUT2D eigenvalue weighted by Crippen LogP contribution is -2.56. The lowest BCUT2D eigenvalue weighted by atomic mass is 9.97. The van der Waals surface area contributed by atoms with Gasteiger partial charge in [-0.1, -0.05) is 12.1 Å². The van der Waals surface area contributed by atoms with Crippen LogP contribution < -0.4 is 5.73 Å². The van der Waals surface area contributed by atoms with Crippen LogP contribution in [0.15, 0.2) is 18.2 Å². The molecule has 2 unspecified atom stereocenters. The molecular formula is C15H17F5N2O. The highest BCUT2D eigenvalue weighted by Gasteiger charge is 2.47. The number of carbonyl (C=O) groups excluding carboxylic acids is 1. The van der Waals surface area contributed by atoms with Gasteiger partial charge in [-0.2, -0.15) is 13.2 Å². The molecule has 1 heterocycles. The van der Waals surface area contributed by atoms with Gasteiger partial charge in [0.15, 0.2) is 11.6 Å². The predicted molar refractivity (Wildman–Crippen MR) is 73.4 cm³/mol. The fraction of sp³-hybridized carbons (Fsp3) is 0.533. The Morgan fingerprint density at radius 2 is 1.96 bits per heavy atom. The van der Waals surface area contributed by atoms with Crippen molar-refractivity contribution in [3.8, 4) is 0 Å². The van der Waals surface area contributed by atoms with Crippen LogP contribution in [0, 0.1) is 11.6 Å². The molecule has 0 aromatic heterocycles. The van der Waals surface area contributed by atoms with Crippen molar-refractivity contribution >= 4 is 5.91 Å². The van der Waals surface area contributed by atoms with Gasteiger partial charge in [-0.15, -0.1) is 0 Å². The fourth-order valence-electron chi connectivity index (χ4n) is 2.74. The van der Waals surface area contributed by atoms with Crippen LogP contribution in [0.1, 0.15) is 24.8 Å². The highest BCUT2D eigenvalue weighted by atomic mass is 19.4. The smallest absolute Gasteiger partial charge is 0.329 e. The third kappa shape index (κ3) is 4.19. The molecule has 1 aliphatic rings. The van der Waals surface area contributed by atoms with E-state index >= 15 is 0 Å². The number of nitrogens with two attached hydrogens (primary N) is 1. The van der Waals surface area contributed by atoms with Gasteiger partial charge in [-0.3, -0.25) is 4.79 Å². The zero-order valence-electron chi connectivity index (χ0n) is 12.2. The molecule has 2 rings (SSSR count). The van der Waals surface area contributed by atoms with Gasteiger partial charge >= 0.3 is 6.18 Å². The molecule has 8 heteroatoms. The Kier molecular flexibility index (Phi) is 5.23. The first-order chi connectivity index (χ1) is 10.7. The number of halogens is 5. The first-order valence-electron chi connectivity index (χ1n) is 7.24. The quantitative estimate of drug-likeness (QED) is 0.863. The molecule has 0 aliphatic carbocycles. The normalized spacial score (nSPS) is 22.3. The maximum absolute atomic E-state index is 13.5. The van der Waals surface area contributed by atoms with Crippen LogP contribution >= 0.6 is 0 Å². The summed E-state index contributed by atoms with van der Waals surface area (Å²) in [5, 5.41) is 0. The Morgan fingerprint density at radius 3 is 2.61 bits per heavy atom. The molecule has 2 N–H and O–H groups in total. The first kappa shape index (κ1) is 17.7. The van der Waals surface area contributed by atoms with Crippen molar-refractivity contribution in [2.24, 2.45) is 5.73 Å². The SMILES string of the molecule is NC1CCC(C(F)(F)F)N(C(=O)CCc2cccc(F)c2F)C1. The van der Waals surface area contributed by atoms with Crippen molar-refractivity contribution in [1.82, 2.24) is 4.90 Å². The highest BCUT2D eigenvalue weighted by Crippen LogP contribution is 2.32. The van der Waals surface area contributed by atoms with E-state index in [1.54, 1.807) is 0 Å². The van der Waals surface area contributed by atoms with E-state index in [-0.39, 0.29) is 37.8 Å². The lowest BCUT2D eigenvalue weighted by molar-refractivity contribution is -0.196. The standard InChI is InChI=1S/C15H17F5N2O/c16-11-3-1-2-9(14(11)17)4-7-13(23)22-8-10(21)5-6-12(22)15(18,19)20/h1-3,10,12H,4-8,21H2. The number of benzene rings is 1. The van der Waals surface area contributed by atoms with E-state index in [0.717, 1.165) is 6.07 Å². The van der Waals surface area contributed by atoms with Crippen LogP contribution in [0.4, 0.5) is 22.0 Å². The minimum atomic E-state index is -4.53. The van der Waals surface area contributed by atoms with Crippen molar-refractivity contribution in [2.75, 3.05) is 6.54 Å². The number of amides is 1. The Balaban J connectivity index is 2.07. The average molecular weight is 336 g/mol. The van der Waals surface area contributed by atoms with Crippen molar-refractivity contribution in [3.63, 3.8) is 0 Å². The predicted octanol–water partition coefficient (Wildman–Crippen LogP) is 2.78. The second kappa shape index (κ2) is 6.82. The molecule has 0 bridgehead atoms. The molecule has 1 fully saturated rings. The van der Waals surface area contributed by atoms with Crippen LogP contribution in [0.3, 0.4) is 0 Å². The van der Waals surface area contributed by atoms with Crippen LogP contribution in [0.25, 0.3) is 0 Å². The molecule has 1 aromatic carbocycles. The van der Waals surface area contributed by atoms with Crippen LogP contribution in [-0.2, 0) is 11.2 Å². The fourth-order valence-corrected chi connectivity index (χ4v) is 2.74. The molecule has 2 atom stereocenters. The van der Waals surface area contributed by atoms with Crippen LogP contribution in [0.5, 0.6) is 0 Å². The van der Waals surface area contributed by atoms with Crippen molar-refractivity contribution in [3.05, 3.63) is 35.4 Å². The Bertz CT molecular complexity index is 575. The molecule has 1 saturated heterocycles. The molecule has 3 nitrogen and oxygen atoms in total. The molecule has 128 valence electrons. The van der Waals surface area contributed by atoms with Crippen molar-refractivity contribution in [2.45, 2.75) is 43.9 Å². The van der Waals surface area contributed by atoms with E-state index in [2.05, 4.69) is 0 Å². The van der Waals surface area contributed by atoms with E-state index < -0.39 is 35.8 Å². The summed E-state index contributed by atoms with van der Waals surface area (Å²) in [6.07, 6.45) is -5.09. The van der Waals surface area contributed by atoms with E-state index in [0.29, 0.717) is 4.90 Å². The number of aryl methyl sites for hydroxylation is 1. The topological polar surface area (TPSA) is 46.3 Å². The summed E-state index contributed by atoms with van der Waals surface area (Å²) in [6.45, 7) is -0.186. The van der Waals surface area contributed by atoms with Crippen LogP contribution in [-0.4, -0.2) is 35.6 Å². The number of alkyl halides is 3. The van der Waals surface area contributed by atoms with Crippen molar-refractivity contribution < 1.29 is 26.7 Å². The summed E-state index contributed by atoms with van der Waals surface area (Å²) < 4.78 is 65.7. The summed E-state index contributed by atoms with van der Waals surface area (Å²) in [4.78, 5) is 12.8. The third-order valence-corrected chi connectivity index (χ3v) is 3.96. The zero-order valence-corrected chi connectivity index (χ0v) is 12.2. The van der Waals surface area contributed by atoms with Crippen LogP contribution in [0.2, 0.25) is 0 Å². The Morgan fingerprint density at radius 1 is 1.26 bits per heavy atom. The van der Waals surface area contributed by atoms with Gasteiger partial charge in [0.25, 0.3) is 0 Å². The summed E-state index contributed by atoms with van der Waals surface area (Å²) in [6, 6.07) is 1.14. The summed E-state index contributed by atoms with van der Waals surface area (Å²) in [5.74, 6) is -2.89. The van der Waals surface area contributed by atoms with Gasteiger partial charge in [0.05, 0.1) is 0 Å². The van der Waals surface area contributed by atoms with Gasteiger partial charge < -0.3 is 10.6 Å². The summed E-state index contributed by atoms with van der Waals surface area (Å²) in [5.41, 5.74) is 5.61. The summed E-state index contributed by atoms with van der Waals surface area (Å²) in [7, 11) is 0. The Labute approximate surface area is 130 Å². The maximum Gasteiger partial charge on any atom is 0.408 e. The molecule has 0 spiro atoms. The second-order valence-corrected chi connectivity index (χ2v) is 5.65. The number of piperidine rings is 1.